The van der Waals surface area contributed by atoms with E-state index in [4.69, 9.17) is 0 Å². The molecule has 0 heterocycles. The first-order chi connectivity index (χ1) is 9.57. The maximum Gasteiger partial charge on any atom is 0.123 e. The molecule has 0 amide bonds. The topological polar surface area (TPSA) is 20.2 Å². The molecule has 0 aliphatic rings. The number of phenols is 1. The van der Waals surface area contributed by atoms with Crippen LogP contribution in [0.15, 0.2) is 12.1 Å². The second-order valence-corrected chi connectivity index (χ2v) is 7.83. The van der Waals surface area contributed by atoms with Crippen molar-refractivity contribution in [2.75, 3.05) is 0 Å². The van der Waals surface area contributed by atoms with E-state index in [-0.39, 0.29) is 10.8 Å². The van der Waals surface area contributed by atoms with Gasteiger partial charge in [-0.05, 0) is 29.4 Å². The minimum absolute atomic E-state index is 0.0921. The minimum atomic E-state index is -0.0921. The van der Waals surface area contributed by atoms with Gasteiger partial charge in [0.15, 0.2) is 0 Å². The fourth-order valence-electron chi connectivity index (χ4n) is 2.28. The summed E-state index contributed by atoms with van der Waals surface area (Å²) in [5, 5.41) is 10.6. The molecule has 0 aliphatic heterocycles. The standard InChI is InChI=1S/C20H30O/c1-8-9-10-11-12-15-13-16(19(2,3)4)18(21)17(14-15)20(5,6)7/h13-14,21H,8-10H2,1-7H3. The Labute approximate surface area is 130 Å². The highest BCUT2D eigenvalue weighted by molar-refractivity contribution is 5.53. The summed E-state index contributed by atoms with van der Waals surface area (Å²) >= 11 is 0. The van der Waals surface area contributed by atoms with Crippen LogP contribution in [0.3, 0.4) is 0 Å². The van der Waals surface area contributed by atoms with Gasteiger partial charge in [0, 0.05) is 23.1 Å². The third-order valence-electron chi connectivity index (χ3n) is 3.61. The zero-order valence-electron chi connectivity index (χ0n) is 14.7. The van der Waals surface area contributed by atoms with Crippen molar-refractivity contribution in [3.05, 3.63) is 28.8 Å². The van der Waals surface area contributed by atoms with Crippen LogP contribution in [-0.2, 0) is 10.8 Å². The zero-order valence-corrected chi connectivity index (χ0v) is 14.7. The number of phenolic OH excluding ortho intramolecular Hbond substituents is 1. The lowest BCUT2D eigenvalue weighted by molar-refractivity contribution is 0.423. The van der Waals surface area contributed by atoms with Crippen LogP contribution in [0.5, 0.6) is 5.75 Å². The first kappa shape index (κ1) is 17.6. The average molecular weight is 286 g/mol. The van der Waals surface area contributed by atoms with E-state index in [1.165, 1.54) is 6.42 Å². The lowest BCUT2D eigenvalue weighted by atomic mass is 9.78. The van der Waals surface area contributed by atoms with Crippen LogP contribution in [0.25, 0.3) is 0 Å². The summed E-state index contributed by atoms with van der Waals surface area (Å²) in [6.07, 6.45) is 3.25. The molecule has 0 atom stereocenters. The molecule has 1 rings (SSSR count). The van der Waals surface area contributed by atoms with Gasteiger partial charge >= 0.3 is 0 Å². The molecule has 0 aliphatic carbocycles. The van der Waals surface area contributed by atoms with E-state index < -0.39 is 0 Å². The van der Waals surface area contributed by atoms with Gasteiger partial charge < -0.3 is 5.11 Å². The fraction of sp³-hybridized carbons (Fsp3) is 0.600. The van der Waals surface area contributed by atoms with Crippen molar-refractivity contribution >= 4 is 0 Å². The third-order valence-corrected chi connectivity index (χ3v) is 3.61. The van der Waals surface area contributed by atoms with Gasteiger partial charge in [0.25, 0.3) is 0 Å². The van der Waals surface area contributed by atoms with Gasteiger partial charge in [-0.1, -0.05) is 66.7 Å². The van der Waals surface area contributed by atoms with Gasteiger partial charge in [-0.3, -0.25) is 0 Å². The van der Waals surface area contributed by atoms with E-state index in [9.17, 15) is 5.11 Å². The minimum Gasteiger partial charge on any atom is -0.507 e. The monoisotopic (exact) mass is 286 g/mol. The van der Waals surface area contributed by atoms with Crippen molar-refractivity contribution < 1.29 is 5.11 Å². The Morgan fingerprint density at radius 3 is 1.81 bits per heavy atom. The molecule has 0 aromatic heterocycles. The fourth-order valence-corrected chi connectivity index (χ4v) is 2.28. The number of rotatable bonds is 2. The molecular weight excluding hydrogens is 256 g/mol. The van der Waals surface area contributed by atoms with Gasteiger partial charge in [-0.15, -0.1) is 0 Å². The smallest absolute Gasteiger partial charge is 0.123 e. The molecule has 0 saturated heterocycles. The summed E-state index contributed by atoms with van der Waals surface area (Å²) in [5.74, 6) is 6.94. The number of aromatic hydroxyl groups is 1. The zero-order chi connectivity index (χ0) is 16.3. The maximum absolute atomic E-state index is 10.6. The van der Waals surface area contributed by atoms with Gasteiger partial charge in [0.2, 0.25) is 0 Å². The van der Waals surface area contributed by atoms with Crippen LogP contribution < -0.4 is 0 Å². The summed E-state index contributed by atoms with van der Waals surface area (Å²) in [6, 6.07) is 4.09. The second-order valence-electron chi connectivity index (χ2n) is 7.83. The average Bonchev–Trinajstić information content (AvgIpc) is 2.33. The van der Waals surface area contributed by atoms with Gasteiger partial charge in [-0.2, -0.15) is 0 Å². The molecule has 1 N–H and O–H groups in total. The molecule has 21 heavy (non-hydrogen) atoms. The summed E-state index contributed by atoms with van der Waals surface area (Å²) < 4.78 is 0. The van der Waals surface area contributed by atoms with E-state index in [2.05, 4.69) is 60.3 Å². The predicted octanol–water partition coefficient (Wildman–Crippen LogP) is 5.53. The van der Waals surface area contributed by atoms with Crippen molar-refractivity contribution in [2.45, 2.75) is 78.6 Å². The van der Waals surface area contributed by atoms with Crippen molar-refractivity contribution in [1.29, 1.82) is 0 Å². The number of unbranched alkanes of at least 4 members (excludes halogenated alkanes) is 2. The van der Waals surface area contributed by atoms with E-state index in [1.54, 1.807) is 0 Å². The highest BCUT2D eigenvalue weighted by Crippen LogP contribution is 2.39. The molecule has 0 saturated carbocycles. The van der Waals surface area contributed by atoms with E-state index >= 15 is 0 Å². The van der Waals surface area contributed by atoms with Crippen LogP contribution in [0.2, 0.25) is 0 Å². The number of hydrogen-bond acceptors (Lipinski definition) is 1. The quantitative estimate of drug-likeness (QED) is 0.560. The molecule has 1 aromatic rings. The summed E-state index contributed by atoms with van der Waals surface area (Å²) in [5.41, 5.74) is 2.79. The highest BCUT2D eigenvalue weighted by atomic mass is 16.3. The molecule has 0 bridgehead atoms. The third kappa shape index (κ3) is 4.81. The molecule has 0 radical (unpaired) electrons. The molecule has 0 fully saturated rings. The van der Waals surface area contributed by atoms with E-state index in [0.29, 0.717) is 5.75 Å². The SMILES string of the molecule is CCCCC#Cc1cc(C(C)(C)C)c(O)c(C(C)(C)C)c1. The van der Waals surface area contributed by atoms with Crippen LogP contribution in [0, 0.1) is 11.8 Å². The van der Waals surface area contributed by atoms with Crippen molar-refractivity contribution in [2.24, 2.45) is 0 Å². The normalized spacial score (nSPS) is 12.0. The molecule has 0 unspecified atom stereocenters. The van der Waals surface area contributed by atoms with E-state index in [0.717, 1.165) is 29.5 Å². The van der Waals surface area contributed by atoms with Gasteiger partial charge in [0.05, 0.1) is 0 Å². The van der Waals surface area contributed by atoms with Gasteiger partial charge in [-0.25, -0.2) is 0 Å². The number of benzene rings is 1. The van der Waals surface area contributed by atoms with Crippen molar-refractivity contribution in [3.8, 4) is 17.6 Å². The molecule has 1 aromatic carbocycles. The summed E-state index contributed by atoms with van der Waals surface area (Å²) in [4.78, 5) is 0. The Kier molecular flexibility index (Phi) is 5.51. The largest absolute Gasteiger partial charge is 0.507 e. The van der Waals surface area contributed by atoms with Crippen LogP contribution >= 0.6 is 0 Å². The molecule has 1 heteroatoms. The number of hydrogen-bond donors (Lipinski definition) is 1. The van der Waals surface area contributed by atoms with Gasteiger partial charge in [0.1, 0.15) is 5.75 Å². The molecular formula is C20H30O. The Morgan fingerprint density at radius 2 is 1.43 bits per heavy atom. The van der Waals surface area contributed by atoms with Crippen molar-refractivity contribution in [1.82, 2.24) is 0 Å². The Hall–Kier alpha value is -1.42. The van der Waals surface area contributed by atoms with Crippen molar-refractivity contribution in [3.63, 3.8) is 0 Å². The summed E-state index contributed by atoms with van der Waals surface area (Å²) in [6.45, 7) is 14.9. The predicted molar refractivity (Wildman–Crippen MR) is 91.9 cm³/mol. The van der Waals surface area contributed by atoms with E-state index in [1.807, 2.05) is 12.1 Å². The lowest BCUT2D eigenvalue weighted by Gasteiger charge is -2.27. The highest BCUT2D eigenvalue weighted by Gasteiger charge is 2.26. The maximum atomic E-state index is 10.6. The molecule has 1 nitrogen and oxygen atoms in total. The first-order valence-electron chi connectivity index (χ1n) is 7.94. The summed E-state index contributed by atoms with van der Waals surface area (Å²) in [7, 11) is 0. The van der Waals surface area contributed by atoms with Crippen LogP contribution in [0.1, 0.15) is 84.4 Å². The lowest BCUT2D eigenvalue weighted by Crippen LogP contribution is -2.17. The molecule has 116 valence electrons. The Morgan fingerprint density at radius 1 is 0.952 bits per heavy atom. The Balaban J connectivity index is 3.36. The second kappa shape index (κ2) is 6.56. The molecule has 0 spiro atoms. The van der Waals surface area contributed by atoms with Crippen LogP contribution in [0.4, 0.5) is 0 Å². The Bertz CT molecular complexity index is 507. The first-order valence-corrected chi connectivity index (χ1v) is 7.94. The van der Waals surface area contributed by atoms with Crippen LogP contribution in [-0.4, -0.2) is 5.11 Å².